The van der Waals surface area contributed by atoms with E-state index in [0.717, 1.165) is 0 Å². The van der Waals surface area contributed by atoms with Gasteiger partial charge >= 0.3 is 0 Å². The first kappa shape index (κ1) is 14.7. The average molecular weight is 326 g/mol. The van der Waals surface area contributed by atoms with Crippen molar-refractivity contribution in [2.24, 2.45) is 0 Å². The standard InChI is InChI=1S/C17H18N4O3/c22-16(13-3-1-4-14-15(13)24-12-11-23-14)20-7-9-21(10-8-20)17-18-5-2-6-19-17/h1-6H,7-12H2. The summed E-state index contributed by atoms with van der Waals surface area (Å²) in [6.07, 6.45) is 3.46. The molecule has 0 unspecified atom stereocenters. The predicted molar refractivity (Wildman–Crippen MR) is 87.6 cm³/mol. The Morgan fingerprint density at radius 1 is 0.958 bits per heavy atom. The monoisotopic (exact) mass is 326 g/mol. The number of benzene rings is 1. The smallest absolute Gasteiger partial charge is 0.257 e. The first-order chi connectivity index (χ1) is 11.8. The van der Waals surface area contributed by atoms with Gasteiger partial charge < -0.3 is 19.3 Å². The maximum Gasteiger partial charge on any atom is 0.257 e. The second kappa shape index (κ2) is 6.35. The molecule has 2 aromatic rings. The highest BCUT2D eigenvalue weighted by molar-refractivity contribution is 5.98. The van der Waals surface area contributed by atoms with Gasteiger partial charge in [-0.3, -0.25) is 4.79 Å². The molecule has 0 spiro atoms. The van der Waals surface area contributed by atoms with Crippen LogP contribution in [0.3, 0.4) is 0 Å². The minimum Gasteiger partial charge on any atom is -0.486 e. The lowest BCUT2D eigenvalue weighted by molar-refractivity contribution is 0.0735. The van der Waals surface area contributed by atoms with E-state index in [9.17, 15) is 4.79 Å². The van der Waals surface area contributed by atoms with E-state index < -0.39 is 0 Å². The van der Waals surface area contributed by atoms with Crippen LogP contribution in [-0.4, -0.2) is 60.2 Å². The van der Waals surface area contributed by atoms with Gasteiger partial charge in [-0.1, -0.05) is 6.07 Å². The third kappa shape index (κ3) is 2.73. The van der Waals surface area contributed by atoms with Crippen LogP contribution in [0.15, 0.2) is 36.7 Å². The molecule has 0 atom stereocenters. The van der Waals surface area contributed by atoms with E-state index in [2.05, 4.69) is 14.9 Å². The number of aromatic nitrogens is 2. The number of hydrogen-bond donors (Lipinski definition) is 0. The van der Waals surface area contributed by atoms with Crippen molar-refractivity contribution in [1.29, 1.82) is 0 Å². The van der Waals surface area contributed by atoms with Gasteiger partial charge in [-0.25, -0.2) is 9.97 Å². The number of amides is 1. The quantitative estimate of drug-likeness (QED) is 0.826. The van der Waals surface area contributed by atoms with Crippen molar-refractivity contribution >= 4 is 11.9 Å². The van der Waals surface area contributed by atoms with Gasteiger partial charge in [-0.05, 0) is 18.2 Å². The van der Waals surface area contributed by atoms with E-state index in [4.69, 9.17) is 9.47 Å². The zero-order valence-corrected chi connectivity index (χ0v) is 13.2. The van der Waals surface area contributed by atoms with Gasteiger partial charge in [0, 0.05) is 38.6 Å². The predicted octanol–water partition coefficient (Wildman–Crippen LogP) is 1.21. The van der Waals surface area contributed by atoms with Crippen molar-refractivity contribution < 1.29 is 14.3 Å². The molecule has 7 heteroatoms. The van der Waals surface area contributed by atoms with Crippen LogP contribution in [0.2, 0.25) is 0 Å². The minimum atomic E-state index is -0.0222. The largest absolute Gasteiger partial charge is 0.486 e. The Hall–Kier alpha value is -2.83. The lowest BCUT2D eigenvalue weighted by Gasteiger charge is -2.35. The van der Waals surface area contributed by atoms with Crippen LogP contribution in [0.4, 0.5) is 5.95 Å². The number of piperazine rings is 1. The van der Waals surface area contributed by atoms with Crippen LogP contribution in [-0.2, 0) is 0 Å². The molecular formula is C17H18N4O3. The zero-order valence-electron chi connectivity index (χ0n) is 13.2. The molecule has 0 saturated carbocycles. The normalized spacial score (nSPS) is 16.8. The number of nitrogens with zero attached hydrogens (tertiary/aromatic N) is 4. The highest BCUT2D eigenvalue weighted by Gasteiger charge is 2.27. The fraction of sp³-hybridized carbons (Fsp3) is 0.353. The summed E-state index contributed by atoms with van der Waals surface area (Å²) in [7, 11) is 0. The second-order valence-corrected chi connectivity index (χ2v) is 5.66. The Labute approximate surface area is 139 Å². The van der Waals surface area contributed by atoms with Gasteiger partial charge in [0.2, 0.25) is 5.95 Å². The lowest BCUT2D eigenvalue weighted by atomic mass is 10.1. The number of fused-ring (bicyclic) bond motifs is 1. The lowest BCUT2D eigenvalue weighted by Crippen LogP contribution is -2.49. The molecule has 1 aromatic carbocycles. The highest BCUT2D eigenvalue weighted by Crippen LogP contribution is 2.34. The molecule has 2 aliphatic rings. The molecule has 24 heavy (non-hydrogen) atoms. The summed E-state index contributed by atoms with van der Waals surface area (Å²) in [5, 5.41) is 0. The molecule has 1 saturated heterocycles. The van der Waals surface area contributed by atoms with Crippen LogP contribution in [0.25, 0.3) is 0 Å². The summed E-state index contributed by atoms with van der Waals surface area (Å²) in [5.74, 6) is 1.88. The van der Waals surface area contributed by atoms with Crippen LogP contribution >= 0.6 is 0 Å². The summed E-state index contributed by atoms with van der Waals surface area (Å²) in [6.45, 7) is 3.66. The first-order valence-corrected chi connectivity index (χ1v) is 8.03. The maximum absolute atomic E-state index is 12.9. The fourth-order valence-corrected chi connectivity index (χ4v) is 2.98. The molecule has 4 rings (SSSR count). The summed E-state index contributed by atoms with van der Waals surface area (Å²) in [6, 6.07) is 7.25. The molecule has 124 valence electrons. The van der Waals surface area contributed by atoms with E-state index in [1.807, 2.05) is 17.0 Å². The van der Waals surface area contributed by atoms with Crippen molar-refractivity contribution in [1.82, 2.24) is 14.9 Å². The number of carbonyl (C=O) groups excluding carboxylic acids is 1. The number of rotatable bonds is 2. The van der Waals surface area contributed by atoms with Gasteiger partial charge in [0.15, 0.2) is 11.5 Å². The van der Waals surface area contributed by atoms with Crippen molar-refractivity contribution in [3.63, 3.8) is 0 Å². The summed E-state index contributed by atoms with van der Waals surface area (Å²) in [4.78, 5) is 25.3. The Kier molecular flexibility index (Phi) is 3.90. The van der Waals surface area contributed by atoms with Crippen LogP contribution in [0, 0.1) is 0 Å². The van der Waals surface area contributed by atoms with E-state index >= 15 is 0 Å². The summed E-state index contributed by atoms with van der Waals surface area (Å²) < 4.78 is 11.2. The Morgan fingerprint density at radius 2 is 1.71 bits per heavy atom. The first-order valence-electron chi connectivity index (χ1n) is 8.03. The number of carbonyl (C=O) groups is 1. The highest BCUT2D eigenvalue weighted by atomic mass is 16.6. The third-order valence-corrected chi connectivity index (χ3v) is 4.20. The molecular weight excluding hydrogens is 308 g/mol. The van der Waals surface area contributed by atoms with Crippen molar-refractivity contribution in [3.05, 3.63) is 42.2 Å². The Morgan fingerprint density at radius 3 is 2.50 bits per heavy atom. The summed E-state index contributed by atoms with van der Waals surface area (Å²) >= 11 is 0. The molecule has 0 radical (unpaired) electrons. The summed E-state index contributed by atoms with van der Waals surface area (Å²) in [5.41, 5.74) is 0.566. The molecule has 1 aromatic heterocycles. The number of anilines is 1. The molecule has 2 aliphatic heterocycles. The Balaban J connectivity index is 1.47. The van der Waals surface area contributed by atoms with Gasteiger partial charge in [0.25, 0.3) is 5.91 Å². The van der Waals surface area contributed by atoms with E-state index in [1.54, 1.807) is 24.5 Å². The average Bonchev–Trinajstić information content (AvgIpc) is 2.68. The SMILES string of the molecule is O=C(c1cccc2c1OCCO2)N1CCN(c2ncccn2)CC1. The number of ether oxygens (including phenoxy) is 2. The molecule has 0 N–H and O–H groups in total. The zero-order chi connectivity index (χ0) is 16.4. The number of hydrogen-bond acceptors (Lipinski definition) is 6. The van der Waals surface area contributed by atoms with Gasteiger partial charge in [0.1, 0.15) is 13.2 Å². The molecule has 0 aliphatic carbocycles. The Bertz CT molecular complexity index is 730. The number of para-hydroxylation sites is 1. The van der Waals surface area contributed by atoms with Gasteiger partial charge in [-0.15, -0.1) is 0 Å². The molecule has 3 heterocycles. The van der Waals surface area contributed by atoms with Crippen molar-refractivity contribution in [3.8, 4) is 11.5 Å². The van der Waals surface area contributed by atoms with Crippen LogP contribution < -0.4 is 14.4 Å². The fourth-order valence-electron chi connectivity index (χ4n) is 2.98. The topological polar surface area (TPSA) is 67.8 Å². The van der Waals surface area contributed by atoms with Crippen LogP contribution in [0.5, 0.6) is 11.5 Å². The minimum absolute atomic E-state index is 0.0222. The van der Waals surface area contributed by atoms with E-state index in [-0.39, 0.29) is 5.91 Å². The molecule has 1 amide bonds. The van der Waals surface area contributed by atoms with Crippen molar-refractivity contribution in [2.75, 3.05) is 44.3 Å². The second-order valence-electron chi connectivity index (χ2n) is 5.66. The maximum atomic E-state index is 12.9. The van der Waals surface area contributed by atoms with Crippen LogP contribution in [0.1, 0.15) is 10.4 Å². The molecule has 7 nitrogen and oxygen atoms in total. The molecule has 1 fully saturated rings. The van der Waals surface area contributed by atoms with Crippen molar-refractivity contribution in [2.45, 2.75) is 0 Å². The van der Waals surface area contributed by atoms with E-state index in [0.29, 0.717) is 62.4 Å². The van der Waals surface area contributed by atoms with Gasteiger partial charge in [0.05, 0.1) is 5.56 Å². The van der Waals surface area contributed by atoms with Gasteiger partial charge in [-0.2, -0.15) is 0 Å². The van der Waals surface area contributed by atoms with E-state index in [1.165, 1.54) is 0 Å². The molecule has 0 bridgehead atoms. The third-order valence-electron chi connectivity index (χ3n) is 4.20.